The molecule has 0 saturated carbocycles. The summed E-state index contributed by atoms with van der Waals surface area (Å²) < 4.78 is 49.3. The number of rotatable bonds is 9. The summed E-state index contributed by atoms with van der Waals surface area (Å²) in [6.45, 7) is 8.49. The lowest BCUT2D eigenvalue weighted by Gasteiger charge is -2.23. The van der Waals surface area contributed by atoms with Crippen molar-refractivity contribution in [2.75, 3.05) is 19.8 Å². The minimum atomic E-state index is -0.588. The Labute approximate surface area is 267 Å². The second-order valence-electron chi connectivity index (χ2n) is 11.9. The van der Waals surface area contributed by atoms with E-state index in [2.05, 4.69) is 10.4 Å². The Balaban J connectivity index is 1.49. The zero-order valence-corrected chi connectivity index (χ0v) is 26.7. The van der Waals surface area contributed by atoms with Crippen LogP contribution >= 0.6 is 11.6 Å². The van der Waals surface area contributed by atoms with Crippen LogP contribution in [0.15, 0.2) is 60.8 Å². The van der Waals surface area contributed by atoms with Gasteiger partial charge in [-0.3, -0.25) is 0 Å². The molecule has 238 valence electrons. The van der Waals surface area contributed by atoms with Gasteiger partial charge in [-0.25, -0.2) is 18.3 Å². The SMILES string of the molecule is CC/C(=C(/c1ccc(OCCNC(=O)OC(C)(C)C)cc1)c1ccc2c(cnn2C2CCCCO2)c1F)c1ccc(F)cc1Cl. The van der Waals surface area contributed by atoms with Crippen molar-refractivity contribution in [3.8, 4) is 5.75 Å². The van der Waals surface area contributed by atoms with Crippen LogP contribution in [0.25, 0.3) is 22.0 Å². The standard InChI is InChI=1S/C35H38ClF2N3O4/c1-5-25(26-14-11-23(37)20-29(26)36)32(22-9-12-24(13-10-22)43-19-17-39-34(42)45-35(2,3)4)27-15-16-30-28(33(27)38)21-40-41(30)31-8-6-7-18-44-31/h9-16,20-21,31H,5-8,17-19H2,1-4H3,(H,39,42)/b32-25+. The summed E-state index contributed by atoms with van der Waals surface area (Å²) in [5.41, 5.74) is 3.18. The smallest absolute Gasteiger partial charge is 0.407 e. The van der Waals surface area contributed by atoms with Crippen molar-refractivity contribution in [3.63, 3.8) is 0 Å². The minimum Gasteiger partial charge on any atom is -0.492 e. The van der Waals surface area contributed by atoms with E-state index in [1.807, 2.05) is 25.1 Å². The van der Waals surface area contributed by atoms with Crippen LogP contribution in [0.3, 0.4) is 0 Å². The largest absolute Gasteiger partial charge is 0.492 e. The van der Waals surface area contributed by atoms with E-state index in [0.717, 1.165) is 30.4 Å². The van der Waals surface area contributed by atoms with E-state index in [-0.39, 0.29) is 24.4 Å². The fraction of sp³-hybridized carbons (Fsp3) is 0.371. The molecule has 2 heterocycles. The highest BCUT2D eigenvalue weighted by molar-refractivity contribution is 6.32. The number of ether oxygens (including phenoxy) is 3. The fourth-order valence-corrected chi connectivity index (χ4v) is 5.79. The van der Waals surface area contributed by atoms with Gasteiger partial charge >= 0.3 is 6.09 Å². The molecule has 0 spiro atoms. The fourth-order valence-electron chi connectivity index (χ4n) is 5.51. The quantitative estimate of drug-likeness (QED) is 0.146. The number of hydrogen-bond acceptors (Lipinski definition) is 5. The van der Waals surface area contributed by atoms with Crippen molar-refractivity contribution in [2.24, 2.45) is 0 Å². The molecule has 0 radical (unpaired) electrons. The Morgan fingerprint density at radius 2 is 1.84 bits per heavy atom. The van der Waals surface area contributed by atoms with Gasteiger partial charge in [0.1, 0.15) is 29.6 Å². The molecule has 1 saturated heterocycles. The first-order valence-electron chi connectivity index (χ1n) is 15.2. The maximum absolute atomic E-state index is 16.5. The molecule has 45 heavy (non-hydrogen) atoms. The number of carbonyl (C=O) groups is 1. The number of allylic oxidation sites excluding steroid dienone is 1. The lowest BCUT2D eigenvalue weighted by atomic mass is 9.87. The number of carbonyl (C=O) groups excluding carboxylic acids is 1. The van der Waals surface area contributed by atoms with Crippen molar-refractivity contribution in [3.05, 3.63) is 94.1 Å². The lowest BCUT2D eigenvalue weighted by Crippen LogP contribution is -2.34. The molecule has 7 nitrogen and oxygen atoms in total. The van der Waals surface area contributed by atoms with Gasteiger partial charge in [-0.05, 0) is 105 Å². The minimum absolute atomic E-state index is 0.229. The number of nitrogens with one attached hydrogen (secondary N) is 1. The summed E-state index contributed by atoms with van der Waals surface area (Å²) in [5.74, 6) is -0.290. The molecule has 1 aliphatic rings. The topological polar surface area (TPSA) is 74.6 Å². The Morgan fingerprint density at radius 3 is 2.51 bits per heavy atom. The Hall–Kier alpha value is -3.95. The molecule has 1 amide bonds. The number of nitrogens with zero attached hydrogens (tertiary/aromatic N) is 2. The Kier molecular flexibility index (Phi) is 10.1. The average molecular weight is 638 g/mol. The number of benzene rings is 3. The second-order valence-corrected chi connectivity index (χ2v) is 12.3. The summed E-state index contributed by atoms with van der Waals surface area (Å²) in [7, 11) is 0. The maximum atomic E-state index is 16.5. The van der Waals surface area contributed by atoms with Crippen LogP contribution in [0, 0.1) is 11.6 Å². The van der Waals surface area contributed by atoms with Gasteiger partial charge in [0.25, 0.3) is 0 Å². The lowest BCUT2D eigenvalue weighted by molar-refractivity contribution is -0.0366. The summed E-state index contributed by atoms with van der Waals surface area (Å²) in [6, 6.07) is 15.1. The predicted molar refractivity (Wildman–Crippen MR) is 172 cm³/mol. The highest BCUT2D eigenvalue weighted by Gasteiger charge is 2.24. The first kappa shape index (κ1) is 32.4. The monoisotopic (exact) mass is 637 g/mol. The van der Waals surface area contributed by atoms with Crippen LogP contribution in [-0.2, 0) is 9.47 Å². The third kappa shape index (κ3) is 7.65. The van der Waals surface area contributed by atoms with Crippen molar-refractivity contribution in [1.82, 2.24) is 15.1 Å². The van der Waals surface area contributed by atoms with Crippen LogP contribution in [0.2, 0.25) is 5.02 Å². The first-order valence-corrected chi connectivity index (χ1v) is 15.6. The molecule has 1 N–H and O–H groups in total. The molecule has 1 aromatic heterocycles. The highest BCUT2D eigenvalue weighted by Crippen LogP contribution is 2.40. The van der Waals surface area contributed by atoms with E-state index in [4.69, 9.17) is 25.8 Å². The molecule has 0 bridgehead atoms. The van der Waals surface area contributed by atoms with Gasteiger partial charge in [-0.1, -0.05) is 36.7 Å². The van der Waals surface area contributed by atoms with E-state index >= 15 is 4.39 Å². The van der Waals surface area contributed by atoms with Crippen molar-refractivity contribution >= 4 is 39.7 Å². The van der Waals surface area contributed by atoms with Gasteiger partial charge in [-0.15, -0.1) is 0 Å². The molecule has 1 fully saturated rings. The molecule has 1 unspecified atom stereocenters. The summed E-state index contributed by atoms with van der Waals surface area (Å²) in [5, 5.41) is 7.79. The normalized spacial score (nSPS) is 15.9. The number of alkyl carbamates (subject to hydrolysis) is 1. The highest BCUT2D eigenvalue weighted by atomic mass is 35.5. The van der Waals surface area contributed by atoms with Gasteiger partial charge in [0.15, 0.2) is 6.23 Å². The van der Waals surface area contributed by atoms with Gasteiger partial charge in [0.2, 0.25) is 0 Å². The van der Waals surface area contributed by atoms with Crippen LogP contribution in [0.5, 0.6) is 5.75 Å². The van der Waals surface area contributed by atoms with Crippen LogP contribution in [0.4, 0.5) is 13.6 Å². The average Bonchev–Trinajstić information content (AvgIpc) is 3.44. The molecule has 3 aromatic carbocycles. The van der Waals surface area contributed by atoms with E-state index in [9.17, 15) is 9.18 Å². The number of hydrogen-bond donors (Lipinski definition) is 1. The van der Waals surface area contributed by atoms with Crippen molar-refractivity contribution in [2.45, 2.75) is 65.2 Å². The van der Waals surface area contributed by atoms with Crippen LogP contribution in [0.1, 0.15) is 76.3 Å². The summed E-state index contributed by atoms with van der Waals surface area (Å²) in [6.07, 6.45) is 4.15. The summed E-state index contributed by atoms with van der Waals surface area (Å²) >= 11 is 6.55. The van der Waals surface area contributed by atoms with E-state index in [0.29, 0.717) is 46.4 Å². The zero-order valence-electron chi connectivity index (χ0n) is 26.0. The van der Waals surface area contributed by atoms with Crippen LogP contribution in [-0.4, -0.2) is 41.2 Å². The molecule has 1 atom stereocenters. The Morgan fingerprint density at radius 1 is 1.09 bits per heavy atom. The molecule has 4 aromatic rings. The van der Waals surface area contributed by atoms with Crippen molar-refractivity contribution in [1.29, 1.82) is 0 Å². The van der Waals surface area contributed by atoms with Gasteiger partial charge < -0.3 is 19.5 Å². The first-order chi connectivity index (χ1) is 21.6. The zero-order chi connectivity index (χ0) is 32.1. The molecule has 5 rings (SSSR count). The predicted octanol–water partition coefficient (Wildman–Crippen LogP) is 8.94. The second kappa shape index (κ2) is 14.0. The van der Waals surface area contributed by atoms with Gasteiger partial charge in [-0.2, -0.15) is 5.10 Å². The number of aromatic nitrogens is 2. The number of amides is 1. The molecular weight excluding hydrogens is 600 g/mol. The van der Waals surface area contributed by atoms with Crippen LogP contribution < -0.4 is 10.1 Å². The summed E-state index contributed by atoms with van der Waals surface area (Å²) in [4.78, 5) is 11.9. The van der Waals surface area contributed by atoms with E-state index in [1.165, 1.54) is 12.1 Å². The van der Waals surface area contributed by atoms with E-state index < -0.39 is 23.3 Å². The molecule has 1 aliphatic heterocycles. The van der Waals surface area contributed by atoms with E-state index in [1.54, 1.807) is 55.9 Å². The molecular formula is C35H38ClF2N3O4. The third-order valence-corrected chi connectivity index (χ3v) is 7.82. The number of halogens is 3. The van der Waals surface area contributed by atoms with Gasteiger partial charge in [0.05, 0.1) is 28.7 Å². The third-order valence-electron chi connectivity index (χ3n) is 7.51. The molecule has 10 heteroatoms. The van der Waals surface area contributed by atoms with Crippen molar-refractivity contribution < 1.29 is 27.8 Å². The van der Waals surface area contributed by atoms with Gasteiger partial charge in [0, 0.05) is 12.2 Å². The maximum Gasteiger partial charge on any atom is 0.407 e. The Bertz CT molecular complexity index is 1690. The molecule has 0 aliphatic carbocycles. The number of fused-ring (bicyclic) bond motifs is 1.